The Bertz CT molecular complexity index is 220. The van der Waals surface area contributed by atoms with Crippen molar-refractivity contribution in [3.8, 4) is 0 Å². The fraction of sp³-hybridized carbons (Fsp3) is 0.909. The second-order valence-electron chi connectivity index (χ2n) is 4.82. The molecule has 1 saturated heterocycles. The van der Waals surface area contributed by atoms with Gasteiger partial charge in [0.15, 0.2) is 0 Å². The summed E-state index contributed by atoms with van der Waals surface area (Å²) < 4.78 is 0. The lowest BCUT2D eigenvalue weighted by molar-refractivity contribution is -0.124. The van der Waals surface area contributed by atoms with Crippen molar-refractivity contribution in [3.05, 3.63) is 0 Å². The van der Waals surface area contributed by atoms with Crippen LogP contribution in [0.2, 0.25) is 0 Å². The fourth-order valence-electron chi connectivity index (χ4n) is 2.14. The summed E-state index contributed by atoms with van der Waals surface area (Å²) in [4.78, 5) is 13.5. The summed E-state index contributed by atoms with van der Waals surface area (Å²) in [5.74, 6) is 0.359. The quantitative estimate of drug-likeness (QED) is 0.699. The number of nitrogens with zero attached hydrogens (tertiary/aromatic N) is 1. The van der Waals surface area contributed by atoms with Crippen LogP contribution in [0.15, 0.2) is 0 Å². The van der Waals surface area contributed by atoms with E-state index in [0.29, 0.717) is 18.5 Å². The number of primary amides is 1. The van der Waals surface area contributed by atoms with E-state index in [0.717, 1.165) is 25.9 Å². The first kappa shape index (κ1) is 12.5. The molecule has 0 aliphatic carbocycles. The topological polar surface area (TPSA) is 72.3 Å². The molecule has 0 saturated carbocycles. The van der Waals surface area contributed by atoms with E-state index < -0.39 is 0 Å². The van der Waals surface area contributed by atoms with E-state index in [1.807, 2.05) is 0 Å². The molecule has 0 aromatic rings. The number of carbonyl (C=O) groups excluding carboxylic acids is 1. The first-order chi connectivity index (χ1) is 7.04. The van der Waals surface area contributed by atoms with E-state index in [1.54, 1.807) is 0 Å². The van der Waals surface area contributed by atoms with Gasteiger partial charge in [0.05, 0.1) is 5.92 Å². The van der Waals surface area contributed by atoms with Crippen molar-refractivity contribution in [3.63, 3.8) is 0 Å². The molecule has 3 atom stereocenters. The summed E-state index contributed by atoms with van der Waals surface area (Å²) in [7, 11) is 0. The lowest BCUT2D eigenvalue weighted by atomic mass is 9.92. The first-order valence-electron chi connectivity index (χ1n) is 5.78. The Morgan fingerprint density at radius 3 is 2.73 bits per heavy atom. The summed E-state index contributed by atoms with van der Waals surface area (Å²) >= 11 is 0. The van der Waals surface area contributed by atoms with E-state index in [-0.39, 0.29) is 11.8 Å². The maximum Gasteiger partial charge on any atom is 0.221 e. The van der Waals surface area contributed by atoms with E-state index in [2.05, 4.69) is 18.7 Å². The average Bonchev–Trinajstić information content (AvgIpc) is 2.20. The van der Waals surface area contributed by atoms with E-state index >= 15 is 0 Å². The van der Waals surface area contributed by atoms with Gasteiger partial charge in [-0.15, -0.1) is 0 Å². The van der Waals surface area contributed by atoms with Gasteiger partial charge >= 0.3 is 0 Å². The number of nitrogens with two attached hydrogens (primary N) is 2. The zero-order valence-corrected chi connectivity index (χ0v) is 9.78. The van der Waals surface area contributed by atoms with Crippen LogP contribution in [0.3, 0.4) is 0 Å². The third-order valence-electron chi connectivity index (χ3n) is 3.36. The maximum absolute atomic E-state index is 11.1. The molecule has 4 nitrogen and oxygen atoms in total. The SMILES string of the molecule is CC(CN)CN1CC(C(N)=O)CCC1C. The number of carbonyl (C=O) groups is 1. The van der Waals surface area contributed by atoms with Gasteiger partial charge in [-0.25, -0.2) is 0 Å². The summed E-state index contributed by atoms with van der Waals surface area (Å²) in [6.45, 7) is 6.83. The molecule has 3 unspecified atom stereocenters. The highest BCUT2D eigenvalue weighted by Crippen LogP contribution is 2.22. The van der Waals surface area contributed by atoms with Crippen molar-refractivity contribution in [1.82, 2.24) is 4.90 Å². The summed E-state index contributed by atoms with van der Waals surface area (Å²) in [5, 5.41) is 0. The average molecular weight is 213 g/mol. The molecule has 1 fully saturated rings. The zero-order chi connectivity index (χ0) is 11.4. The Hall–Kier alpha value is -0.610. The van der Waals surface area contributed by atoms with Gasteiger partial charge in [0.2, 0.25) is 5.91 Å². The fourth-order valence-corrected chi connectivity index (χ4v) is 2.14. The molecule has 1 rings (SSSR count). The van der Waals surface area contributed by atoms with Crippen LogP contribution in [0, 0.1) is 11.8 Å². The van der Waals surface area contributed by atoms with E-state index in [4.69, 9.17) is 11.5 Å². The molecule has 0 radical (unpaired) electrons. The number of amides is 1. The summed E-state index contributed by atoms with van der Waals surface area (Å²) in [5.41, 5.74) is 11.0. The molecule has 1 amide bonds. The Morgan fingerprint density at radius 1 is 1.53 bits per heavy atom. The van der Waals surface area contributed by atoms with E-state index in [1.165, 1.54) is 0 Å². The first-order valence-corrected chi connectivity index (χ1v) is 5.78. The molecular weight excluding hydrogens is 190 g/mol. The Balaban J connectivity index is 2.49. The normalized spacial score (nSPS) is 30.1. The molecule has 88 valence electrons. The van der Waals surface area contributed by atoms with Gasteiger partial charge in [-0.3, -0.25) is 9.69 Å². The Morgan fingerprint density at radius 2 is 2.20 bits per heavy atom. The second kappa shape index (κ2) is 5.47. The minimum absolute atomic E-state index is 0.0335. The Kier molecular flexibility index (Phi) is 4.54. The summed E-state index contributed by atoms with van der Waals surface area (Å²) in [6, 6.07) is 0.551. The van der Waals surface area contributed by atoms with E-state index in [9.17, 15) is 4.79 Å². The van der Waals surface area contributed by atoms with Crippen LogP contribution in [0.5, 0.6) is 0 Å². The van der Waals surface area contributed by atoms with Crippen LogP contribution < -0.4 is 11.5 Å². The molecule has 1 aliphatic rings. The van der Waals surface area contributed by atoms with Gasteiger partial charge in [0, 0.05) is 19.1 Å². The number of rotatable bonds is 4. The number of hydrogen-bond acceptors (Lipinski definition) is 3. The van der Waals surface area contributed by atoms with Crippen LogP contribution >= 0.6 is 0 Å². The third-order valence-corrected chi connectivity index (χ3v) is 3.36. The van der Waals surface area contributed by atoms with Crippen LogP contribution in [0.4, 0.5) is 0 Å². The van der Waals surface area contributed by atoms with Gasteiger partial charge < -0.3 is 11.5 Å². The Labute approximate surface area is 92.0 Å². The van der Waals surface area contributed by atoms with Gasteiger partial charge in [0.25, 0.3) is 0 Å². The molecule has 1 heterocycles. The van der Waals surface area contributed by atoms with Crippen LogP contribution in [0.25, 0.3) is 0 Å². The van der Waals surface area contributed by atoms with Gasteiger partial charge in [-0.05, 0) is 32.2 Å². The largest absolute Gasteiger partial charge is 0.369 e. The summed E-state index contributed by atoms with van der Waals surface area (Å²) in [6.07, 6.45) is 1.99. The van der Waals surface area contributed by atoms with Crippen molar-refractivity contribution in [2.45, 2.75) is 32.7 Å². The van der Waals surface area contributed by atoms with Gasteiger partial charge in [-0.2, -0.15) is 0 Å². The predicted molar refractivity (Wildman–Crippen MR) is 61.2 cm³/mol. The molecule has 0 aromatic carbocycles. The minimum atomic E-state index is -0.160. The monoisotopic (exact) mass is 213 g/mol. The van der Waals surface area contributed by atoms with Crippen molar-refractivity contribution in [2.24, 2.45) is 23.3 Å². The number of likely N-dealkylation sites (tertiary alicyclic amines) is 1. The van der Waals surface area contributed by atoms with Crippen molar-refractivity contribution < 1.29 is 4.79 Å². The van der Waals surface area contributed by atoms with Crippen LogP contribution in [-0.2, 0) is 4.79 Å². The standard InChI is InChI=1S/C11H23N3O/c1-8(5-12)6-14-7-10(11(13)15)4-3-9(14)2/h8-10H,3-7,12H2,1-2H3,(H2,13,15). The van der Waals surface area contributed by atoms with Crippen molar-refractivity contribution >= 4 is 5.91 Å². The third kappa shape index (κ3) is 3.47. The van der Waals surface area contributed by atoms with Crippen LogP contribution in [-0.4, -0.2) is 36.5 Å². The molecular formula is C11H23N3O. The molecule has 0 bridgehead atoms. The van der Waals surface area contributed by atoms with Crippen molar-refractivity contribution in [1.29, 1.82) is 0 Å². The smallest absolute Gasteiger partial charge is 0.221 e. The van der Waals surface area contributed by atoms with Gasteiger partial charge in [-0.1, -0.05) is 6.92 Å². The number of piperidine rings is 1. The second-order valence-corrected chi connectivity index (χ2v) is 4.82. The van der Waals surface area contributed by atoms with Gasteiger partial charge in [0.1, 0.15) is 0 Å². The maximum atomic E-state index is 11.1. The lowest BCUT2D eigenvalue weighted by Crippen LogP contribution is -2.47. The number of hydrogen-bond donors (Lipinski definition) is 2. The molecule has 0 spiro atoms. The predicted octanol–water partition coefficient (Wildman–Crippen LogP) is 0.167. The van der Waals surface area contributed by atoms with Crippen molar-refractivity contribution in [2.75, 3.05) is 19.6 Å². The minimum Gasteiger partial charge on any atom is -0.369 e. The molecule has 1 aliphatic heterocycles. The molecule has 0 aromatic heterocycles. The highest BCUT2D eigenvalue weighted by molar-refractivity contribution is 5.76. The molecule has 15 heavy (non-hydrogen) atoms. The lowest BCUT2D eigenvalue weighted by Gasteiger charge is -2.38. The highest BCUT2D eigenvalue weighted by Gasteiger charge is 2.28. The molecule has 4 N–H and O–H groups in total. The highest BCUT2D eigenvalue weighted by atomic mass is 16.1. The zero-order valence-electron chi connectivity index (χ0n) is 9.78. The molecule has 4 heteroatoms. The van der Waals surface area contributed by atoms with Crippen LogP contribution in [0.1, 0.15) is 26.7 Å².